The number of aromatic nitrogens is 2. The van der Waals surface area contributed by atoms with Crippen LogP contribution in [-0.4, -0.2) is 28.4 Å². The first kappa shape index (κ1) is 19.8. The summed E-state index contributed by atoms with van der Waals surface area (Å²) in [5.41, 5.74) is 4.13. The van der Waals surface area contributed by atoms with Crippen molar-refractivity contribution in [2.45, 2.75) is 11.5 Å². The number of aromatic hydroxyl groups is 1. The Morgan fingerprint density at radius 2 is 1.60 bits per heavy atom. The summed E-state index contributed by atoms with van der Waals surface area (Å²) >= 11 is 0. The van der Waals surface area contributed by atoms with Crippen molar-refractivity contribution in [2.75, 3.05) is 0 Å². The molecule has 4 rings (SSSR count). The van der Waals surface area contributed by atoms with Gasteiger partial charge in [-0.25, -0.2) is 18.2 Å². The van der Waals surface area contributed by atoms with Crippen LogP contribution >= 0.6 is 0 Å². The fraction of sp³-hybridized carbons (Fsp3) is 0.0455. The maximum atomic E-state index is 11.6. The van der Waals surface area contributed by atoms with Gasteiger partial charge in [-0.15, -0.1) is 0 Å². The molecule has 4 aromatic rings. The monoisotopic (exact) mass is 421 g/mol. The highest BCUT2D eigenvalue weighted by Gasteiger charge is 2.16. The van der Waals surface area contributed by atoms with Crippen molar-refractivity contribution in [2.24, 2.45) is 5.14 Å². The molecule has 1 heterocycles. The molecule has 8 heteroatoms. The number of hydrogen-bond donors (Lipinski definition) is 3. The van der Waals surface area contributed by atoms with Gasteiger partial charge in [-0.05, 0) is 48.0 Å². The third-order valence-corrected chi connectivity index (χ3v) is 5.66. The van der Waals surface area contributed by atoms with Crippen LogP contribution in [0.3, 0.4) is 0 Å². The first-order valence-electron chi connectivity index (χ1n) is 9.08. The number of para-hydroxylation sites is 1. The minimum Gasteiger partial charge on any atom is -0.507 e. The third kappa shape index (κ3) is 3.84. The summed E-state index contributed by atoms with van der Waals surface area (Å²) in [6, 6.07) is 22.2. The van der Waals surface area contributed by atoms with E-state index in [2.05, 4.69) is 5.10 Å². The quantitative estimate of drug-likeness (QED) is 0.458. The minimum absolute atomic E-state index is 0.00758. The van der Waals surface area contributed by atoms with E-state index in [0.717, 1.165) is 16.8 Å². The second-order valence-electron chi connectivity index (χ2n) is 6.74. The molecule has 7 nitrogen and oxygen atoms in total. The molecule has 0 aliphatic rings. The summed E-state index contributed by atoms with van der Waals surface area (Å²) in [5.74, 6) is 0.105. The predicted octanol–water partition coefficient (Wildman–Crippen LogP) is 3.05. The Hall–Kier alpha value is -3.46. The van der Waals surface area contributed by atoms with Crippen molar-refractivity contribution in [1.29, 1.82) is 0 Å². The van der Waals surface area contributed by atoms with E-state index in [1.165, 1.54) is 12.1 Å². The molecule has 0 atom stereocenters. The van der Waals surface area contributed by atoms with Gasteiger partial charge in [-0.1, -0.05) is 36.4 Å². The summed E-state index contributed by atoms with van der Waals surface area (Å²) in [6.07, 6.45) is 0. The van der Waals surface area contributed by atoms with Gasteiger partial charge >= 0.3 is 0 Å². The highest BCUT2D eigenvalue weighted by Crippen LogP contribution is 2.33. The highest BCUT2D eigenvalue weighted by molar-refractivity contribution is 7.89. The predicted molar refractivity (Wildman–Crippen MR) is 113 cm³/mol. The van der Waals surface area contributed by atoms with E-state index >= 15 is 0 Å². The maximum absolute atomic E-state index is 11.6. The molecule has 1 aromatic heterocycles. The molecule has 0 fully saturated rings. The van der Waals surface area contributed by atoms with E-state index in [4.69, 9.17) is 5.14 Å². The molecule has 4 N–H and O–H groups in total. The Morgan fingerprint density at radius 3 is 2.20 bits per heavy atom. The molecular formula is C22H19N3O4S. The van der Waals surface area contributed by atoms with Crippen LogP contribution in [0.1, 0.15) is 5.56 Å². The molecule has 0 radical (unpaired) electrons. The SMILES string of the molecule is NS(=O)(=O)c1ccc(-n2nc(-c3ccccc3O)cc2-c2ccc(CO)cc2)cc1. The average Bonchev–Trinajstić information content (AvgIpc) is 3.19. The van der Waals surface area contributed by atoms with Gasteiger partial charge < -0.3 is 10.2 Å². The van der Waals surface area contributed by atoms with E-state index in [1.54, 1.807) is 35.0 Å². The number of sulfonamides is 1. The lowest BCUT2D eigenvalue weighted by molar-refractivity contribution is 0.282. The number of phenols is 1. The van der Waals surface area contributed by atoms with Crippen molar-refractivity contribution in [3.05, 3.63) is 84.4 Å². The van der Waals surface area contributed by atoms with Crippen LogP contribution in [0.4, 0.5) is 0 Å². The first-order chi connectivity index (χ1) is 14.4. The standard InChI is InChI=1S/C22H19N3O4S/c23-30(28,29)18-11-9-17(10-12-18)25-21(16-7-5-15(14-26)6-8-16)13-20(24-25)19-3-1-2-4-22(19)27/h1-13,26-27H,14H2,(H2,23,28,29). The zero-order valence-electron chi connectivity index (χ0n) is 15.8. The third-order valence-electron chi connectivity index (χ3n) is 4.73. The molecule has 30 heavy (non-hydrogen) atoms. The molecule has 152 valence electrons. The van der Waals surface area contributed by atoms with Gasteiger partial charge in [-0.3, -0.25) is 0 Å². The van der Waals surface area contributed by atoms with Gasteiger partial charge in [0, 0.05) is 11.1 Å². The Balaban J connectivity index is 1.88. The molecule has 3 aromatic carbocycles. The highest BCUT2D eigenvalue weighted by atomic mass is 32.2. The summed E-state index contributed by atoms with van der Waals surface area (Å²) in [6.45, 7) is -0.0578. The molecule has 0 saturated carbocycles. The Bertz CT molecular complexity index is 1300. The number of aliphatic hydroxyl groups is 1. The van der Waals surface area contributed by atoms with Gasteiger partial charge in [-0.2, -0.15) is 5.10 Å². The molecule has 0 aliphatic carbocycles. The Morgan fingerprint density at radius 1 is 0.933 bits per heavy atom. The Labute approximate surface area is 173 Å². The minimum atomic E-state index is -3.80. The molecule has 0 saturated heterocycles. The van der Waals surface area contributed by atoms with Crippen LogP contribution in [0.25, 0.3) is 28.2 Å². The fourth-order valence-electron chi connectivity index (χ4n) is 3.16. The van der Waals surface area contributed by atoms with Gasteiger partial charge in [0.1, 0.15) is 5.75 Å². The lowest BCUT2D eigenvalue weighted by Crippen LogP contribution is -2.12. The van der Waals surface area contributed by atoms with Crippen LogP contribution < -0.4 is 5.14 Å². The number of primary sulfonamides is 1. The van der Waals surface area contributed by atoms with E-state index in [9.17, 15) is 18.6 Å². The maximum Gasteiger partial charge on any atom is 0.238 e. The van der Waals surface area contributed by atoms with Crippen LogP contribution in [0.5, 0.6) is 5.75 Å². The molecule has 0 aliphatic heterocycles. The number of hydrogen-bond acceptors (Lipinski definition) is 5. The number of rotatable bonds is 5. The summed E-state index contributed by atoms with van der Waals surface area (Å²) in [5, 5.41) is 29.4. The number of aliphatic hydroxyl groups excluding tert-OH is 1. The summed E-state index contributed by atoms with van der Waals surface area (Å²) in [7, 11) is -3.80. The number of benzene rings is 3. The van der Waals surface area contributed by atoms with Crippen LogP contribution in [0, 0.1) is 0 Å². The van der Waals surface area contributed by atoms with Crippen LogP contribution in [0.2, 0.25) is 0 Å². The van der Waals surface area contributed by atoms with Crippen molar-refractivity contribution in [3.63, 3.8) is 0 Å². The van der Waals surface area contributed by atoms with E-state index in [1.807, 2.05) is 36.4 Å². The van der Waals surface area contributed by atoms with Gasteiger partial charge in [0.05, 0.1) is 28.6 Å². The molecule has 0 bridgehead atoms. The van der Waals surface area contributed by atoms with Crippen LogP contribution in [0.15, 0.2) is 83.8 Å². The van der Waals surface area contributed by atoms with E-state index in [0.29, 0.717) is 16.9 Å². The molecular weight excluding hydrogens is 402 g/mol. The van der Waals surface area contributed by atoms with Gasteiger partial charge in [0.25, 0.3) is 0 Å². The first-order valence-corrected chi connectivity index (χ1v) is 10.6. The van der Waals surface area contributed by atoms with E-state index < -0.39 is 10.0 Å². The lowest BCUT2D eigenvalue weighted by atomic mass is 10.1. The molecule has 0 amide bonds. The number of nitrogens with zero attached hydrogens (tertiary/aromatic N) is 2. The number of phenolic OH excluding ortho intramolecular Hbond substituents is 1. The van der Waals surface area contributed by atoms with Crippen molar-refractivity contribution < 1.29 is 18.6 Å². The lowest BCUT2D eigenvalue weighted by Gasteiger charge is -2.09. The zero-order valence-corrected chi connectivity index (χ0v) is 16.6. The van der Waals surface area contributed by atoms with Gasteiger partial charge in [0.2, 0.25) is 10.0 Å². The normalized spacial score (nSPS) is 11.5. The largest absolute Gasteiger partial charge is 0.507 e. The van der Waals surface area contributed by atoms with Gasteiger partial charge in [0.15, 0.2) is 0 Å². The second-order valence-corrected chi connectivity index (χ2v) is 8.30. The second kappa shape index (κ2) is 7.75. The van der Waals surface area contributed by atoms with Crippen molar-refractivity contribution in [3.8, 4) is 34.0 Å². The summed E-state index contributed by atoms with van der Waals surface area (Å²) < 4.78 is 24.8. The average molecular weight is 421 g/mol. The zero-order chi connectivity index (χ0) is 21.3. The van der Waals surface area contributed by atoms with Crippen molar-refractivity contribution >= 4 is 10.0 Å². The fourth-order valence-corrected chi connectivity index (χ4v) is 3.68. The molecule has 0 spiro atoms. The Kier molecular flexibility index (Phi) is 5.13. The number of nitrogens with two attached hydrogens (primary N) is 1. The topological polar surface area (TPSA) is 118 Å². The van der Waals surface area contributed by atoms with Crippen molar-refractivity contribution in [1.82, 2.24) is 9.78 Å². The summed E-state index contributed by atoms with van der Waals surface area (Å²) in [4.78, 5) is 0.00758. The molecule has 0 unspecified atom stereocenters. The van der Waals surface area contributed by atoms with Crippen LogP contribution in [-0.2, 0) is 16.6 Å². The van der Waals surface area contributed by atoms with E-state index in [-0.39, 0.29) is 17.3 Å². The smallest absolute Gasteiger partial charge is 0.238 e.